The largest absolute Gasteiger partial charge is 0.353 e. The van der Waals surface area contributed by atoms with E-state index in [0.29, 0.717) is 30.7 Å². The van der Waals surface area contributed by atoms with E-state index in [1.165, 1.54) is 12.1 Å². The smallest absolute Gasteiger partial charge is 0.220 e. The van der Waals surface area contributed by atoms with Gasteiger partial charge in [-0.3, -0.25) is 4.79 Å². The van der Waals surface area contributed by atoms with Gasteiger partial charge in [-0.15, -0.1) is 0 Å². The summed E-state index contributed by atoms with van der Waals surface area (Å²) < 4.78 is 13.3. The summed E-state index contributed by atoms with van der Waals surface area (Å²) in [6.07, 6.45) is 1.73. The Morgan fingerprint density at radius 1 is 1.25 bits per heavy atom. The Morgan fingerprint density at radius 2 is 2.00 bits per heavy atom. The van der Waals surface area contributed by atoms with E-state index in [0.717, 1.165) is 27.7 Å². The first-order chi connectivity index (χ1) is 13.5. The molecule has 0 bridgehead atoms. The van der Waals surface area contributed by atoms with Gasteiger partial charge >= 0.3 is 0 Å². The highest BCUT2D eigenvalue weighted by Crippen LogP contribution is 2.34. The normalized spacial score (nSPS) is 12.1. The molecule has 7 heteroatoms. The molecule has 1 amide bonds. The zero-order chi connectivity index (χ0) is 20.1. The summed E-state index contributed by atoms with van der Waals surface area (Å²) in [6.45, 7) is 0.319. The van der Waals surface area contributed by atoms with Gasteiger partial charge in [-0.2, -0.15) is 0 Å². The van der Waals surface area contributed by atoms with Gasteiger partial charge in [0.25, 0.3) is 0 Å². The topological polar surface area (TPSA) is 88.0 Å². The average molecular weight is 402 g/mol. The minimum absolute atomic E-state index is 0.197. The Kier molecular flexibility index (Phi) is 6.44. The lowest BCUT2D eigenvalue weighted by Gasteiger charge is -2.12. The molecule has 3 rings (SSSR count). The Labute approximate surface area is 167 Å². The number of aryl methyl sites for hydroxylation is 1. The molecule has 0 saturated heterocycles. The van der Waals surface area contributed by atoms with E-state index in [-0.39, 0.29) is 18.1 Å². The molecule has 0 aliphatic rings. The number of nitrogens with one attached hydrogen (secondary N) is 2. The molecule has 146 valence electrons. The van der Waals surface area contributed by atoms with E-state index in [9.17, 15) is 14.0 Å². The monoisotopic (exact) mass is 401 g/mol. The van der Waals surface area contributed by atoms with Crippen molar-refractivity contribution in [3.8, 4) is 11.3 Å². The maximum atomic E-state index is 13.3. The lowest BCUT2D eigenvalue weighted by molar-refractivity contribution is -0.124. The Morgan fingerprint density at radius 3 is 2.68 bits per heavy atom. The molecular weight excluding hydrogens is 381 g/mol. The van der Waals surface area contributed by atoms with Crippen LogP contribution in [0.3, 0.4) is 0 Å². The van der Waals surface area contributed by atoms with Gasteiger partial charge in [-0.05, 0) is 60.8 Å². The third-order valence-electron chi connectivity index (χ3n) is 4.61. The summed E-state index contributed by atoms with van der Waals surface area (Å²) in [5.74, 6) is -0.550. The molecule has 1 atom stereocenters. The first kappa shape index (κ1) is 20.0. The van der Waals surface area contributed by atoms with Crippen LogP contribution in [0.15, 0.2) is 42.5 Å². The van der Waals surface area contributed by atoms with E-state index in [1.54, 1.807) is 18.2 Å². The van der Waals surface area contributed by atoms with Crippen molar-refractivity contribution < 1.29 is 14.0 Å². The number of H-pyrrole nitrogens is 1. The van der Waals surface area contributed by atoms with Gasteiger partial charge in [0.1, 0.15) is 12.1 Å². The highest BCUT2D eigenvalue weighted by atomic mass is 35.5. The van der Waals surface area contributed by atoms with Crippen LogP contribution in [0.1, 0.15) is 18.4 Å². The molecule has 0 aliphatic carbocycles. The lowest BCUT2D eigenvalue weighted by atomic mass is 10.0. The number of rotatable bonds is 8. The summed E-state index contributed by atoms with van der Waals surface area (Å²) in [6, 6.07) is 11.1. The molecule has 1 heterocycles. The molecule has 1 aromatic heterocycles. The van der Waals surface area contributed by atoms with Crippen LogP contribution in [-0.2, 0) is 16.0 Å². The van der Waals surface area contributed by atoms with Gasteiger partial charge in [0.15, 0.2) is 0 Å². The fourth-order valence-corrected chi connectivity index (χ4v) is 3.45. The quantitative estimate of drug-likeness (QED) is 0.504. The average Bonchev–Trinajstić information content (AvgIpc) is 3.06. The third kappa shape index (κ3) is 4.40. The number of hydrogen-bond donors (Lipinski definition) is 3. The van der Waals surface area contributed by atoms with Crippen LogP contribution in [0.2, 0.25) is 5.02 Å². The van der Waals surface area contributed by atoms with E-state index >= 15 is 0 Å². The van der Waals surface area contributed by atoms with Crippen LogP contribution in [0.5, 0.6) is 0 Å². The summed E-state index contributed by atoms with van der Waals surface area (Å²) in [5, 5.41) is 4.16. The maximum Gasteiger partial charge on any atom is 0.220 e. The van der Waals surface area contributed by atoms with Gasteiger partial charge in [-0.1, -0.05) is 23.7 Å². The van der Waals surface area contributed by atoms with Crippen LogP contribution in [0.25, 0.3) is 22.2 Å². The number of para-hydroxylation sites is 1. The van der Waals surface area contributed by atoms with Crippen molar-refractivity contribution >= 4 is 34.7 Å². The number of aromatic nitrogens is 1. The molecule has 2 aromatic carbocycles. The Bertz CT molecular complexity index is 985. The molecule has 3 aromatic rings. The number of hydrogen-bond acceptors (Lipinski definition) is 3. The molecule has 1 unspecified atom stereocenters. The SMILES string of the molecule is NCCC(C=O)NC(=O)CCc1c(-c2ccc(F)cc2)[nH]c2c(Cl)cccc12. The van der Waals surface area contributed by atoms with Crippen molar-refractivity contribution in [1.82, 2.24) is 10.3 Å². The molecule has 5 nitrogen and oxygen atoms in total. The highest BCUT2D eigenvalue weighted by molar-refractivity contribution is 6.35. The third-order valence-corrected chi connectivity index (χ3v) is 4.93. The second-order valence-corrected chi connectivity index (χ2v) is 6.94. The minimum Gasteiger partial charge on any atom is -0.353 e. The summed E-state index contributed by atoms with van der Waals surface area (Å²) in [7, 11) is 0. The zero-order valence-corrected chi connectivity index (χ0v) is 15.9. The fourth-order valence-electron chi connectivity index (χ4n) is 3.23. The van der Waals surface area contributed by atoms with Gasteiger partial charge in [0, 0.05) is 17.5 Å². The number of amides is 1. The second-order valence-electron chi connectivity index (χ2n) is 6.54. The first-order valence-corrected chi connectivity index (χ1v) is 9.41. The molecular formula is C21H21ClFN3O2. The number of carbonyl (C=O) groups is 2. The number of carbonyl (C=O) groups excluding carboxylic acids is 2. The Balaban J connectivity index is 1.89. The predicted molar refractivity (Wildman–Crippen MR) is 109 cm³/mol. The van der Waals surface area contributed by atoms with Crippen molar-refractivity contribution in [2.45, 2.75) is 25.3 Å². The van der Waals surface area contributed by atoms with E-state index in [1.807, 2.05) is 12.1 Å². The highest BCUT2D eigenvalue weighted by Gasteiger charge is 2.17. The van der Waals surface area contributed by atoms with Crippen LogP contribution in [0.4, 0.5) is 4.39 Å². The van der Waals surface area contributed by atoms with Crippen molar-refractivity contribution in [2.24, 2.45) is 5.73 Å². The van der Waals surface area contributed by atoms with Gasteiger partial charge in [-0.25, -0.2) is 4.39 Å². The number of nitrogens with two attached hydrogens (primary N) is 1. The zero-order valence-electron chi connectivity index (χ0n) is 15.2. The number of fused-ring (bicyclic) bond motifs is 1. The van der Waals surface area contributed by atoms with Crippen LogP contribution >= 0.6 is 11.6 Å². The molecule has 4 N–H and O–H groups in total. The fraction of sp³-hybridized carbons (Fsp3) is 0.238. The number of aromatic amines is 1. The first-order valence-electron chi connectivity index (χ1n) is 9.03. The molecule has 0 spiro atoms. The van der Waals surface area contributed by atoms with Crippen LogP contribution in [-0.4, -0.2) is 29.8 Å². The van der Waals surface area contributed by atoms with Gasteiger partial charge < -0.3 is 20.8 Å². The van der Waals surface area contributed by atoms with Crippen LogP contribution in [0, 0.1) is 5.82 Å². The molecule has 0 aliphatic heterocycles. The number of halogens is 2. The summed E-state index contributed by atoms with van der Waals surface area (Å²) >= 11 is 6.32. The van der Waals surface area contributed by atoms with Crippen molar-refractivity contribution in [3.05, 3.63) is 58.9 Å². The van der Waals surface area contributed by atoms with E-state index in [4.69, 9.17) is 17.3 Å². The summed E-state index contributed by atoms with van der Waals surface area (Å²) in [4.78, 5) is 26.6. The molecule has 28 heavy (non-hydrogen) atoms. The maximum absolute atomic E-state index is 13.3. The van der Waals surface area contributed by atoms with E-state index in [2.05, 4.69) is 10.3 Å². The minimum atomic E-state index is -0.577. The van der Waals surface area contributed by atoms with Crippen LogP contribution < -0.4 is 11.1 Å². The molecule has 0 fully saturated rings. The van der Waals surface area contributed by atoms with Crippen molar-refractivity contribution in [3.63, 3.8) is 0 Å². The molecule has 0 radical (unpaired) electrons. The standard InChI is InChI=1S/C21H21ClFN3O2/c22-18-3-1-2-16-17(8-9-19(28)25-15(12-27)10-11-24)20(26-21(16)18)13-4-6-14(23)7-5-13/h1-7,12,15,26H,8-11,24H2,(H,25,28). The number of benzene rings is 2. The van der Waals surface area contributed by atoms with Crippen molar-refractivity contribution in [1.29, 1.82) is 0 Å². The lowest BCUT2D eigenvalue weighted by Crippen LogP contribution is -2.37. The Hall–Kier alpha value is -2.70. The van der Waals surface area contributed by atoms with E-state index < -0.39 is 6.04 Å². The summed E-state index contributed by atoms with van der Waals surface area (Å²) in [5.41, 5.74) is 8.74. The second kappa shape index (κ2) is 8.99. The predicted octanol–water partition coefficient (Wildman–Crippen LogP) is 3.59. The van der Waals surface area contributed by atoms with Crippen molar-refractivity contribution in [2.75, 3.05) is 6.54 Å². The molecule has 0 saturated carbocycles. The number of aldehydes is 1. The van der Waals surface area contributed by atoms with Gasteiger partial charge in [0.2, 0.25) is 5.91 Å². The van der Waals surface area contributed by atoms with Gasteiger partial charge in [0.05, 0.1) is 16.6 Å².